The van der Waals surface area contributed by atoms with E-state index in [0.717, 1.165) is 17.1 Å². The van der Waals surface area contributed by atoms with Gasteiger partial charge in [-0.25, -0.2) is 0 Å². The number of hydrogen-bond acceptors (Lipinski definition) is 1. The average molecular weight is 713 g/mol. The van der Waals surface area contributed by atoms with Crippen molar-refractivity contribution in [2.24, 2.45) is 0 Å². The molecule has 0 radical (unpaired) electrons. The fourth-order valence-electron chi connectivity index (χ4n) is 10.6. The van der Waals surface area contributed by atoms with Crippen LogP contribution in [0.5, 0.6) is 11.5 Å². The first kappa shape index (κ1) is 31.4. The van der Waals surface area contributed by atoms with Crippen molar-refractivity contribution >= 4 is 10.8 Å². The first-order valence-corrected chi connectivity index (χ1v) is 19.6. The van der Waals surface area contributed by atoms with Crippen LogP contribution in [-0.4, -0.2) is 0 Å². The normalized spacial score (nSPS) is 16.3. The molecule has 0 N–H and O–H groups in total. The van der Waals surface area contributed by atoms with Crippen LogP contribution in [0.2, 0.25) is 0 Å². The van der Waals surface area contributed by atoms with Crippen LogP contribution in [0.4, 0.5) is 0 Å². The summed E-state index contributed by atoms with van der Waals surface area (Å²) in [4.78, 5) is 0. The molecule has 0 amide bonds. The molecule has 1 spiro atoms. The third-order valence-corrected chi connectivity index (χ3v) is 13.1. The van der Waals surface area contributed by atoms with E-state index >= 15 is 0 Å². The maximum absolute atomic E-state index is 6.73. The summed E-state index contributed by atoms with van der Waals surface area (Å²) < 4.78 is 6.73. The van der Waals surface area contributed by atoms with Gasteiger partial charge in [0.15, 0.2) is 0 Å². The van der Waals surface area contributed by atoms with Gasteiger partial charge in [-0.1, -0.05) is 182 Å². The second-order valence-corrected chi connectivity index (χ2v) is 15.7. The highest BCUT2D eigenvalue weighted by molar-refractivity contribution is 6.06. The van der Waals surface area contributed by atoms with Crippen molar-refractivity contribution in [3.8, 4) is 56.0 Å². The van der Waals surface area contributed by atoms with Gasteiger partial charge in [-0.2, -0.15) is 0 Å². The summed E-state index contributed by atoms with van der Waals surface area (Å²) in [6.45, 7) is 2.33. The van der Waals surface area contributed by atoms with Gasteiger partial charge in [0.05, 0.1) is 5.41 Å². The fourth-order valence-corrected chi connectivity index (χ4v) is 10.6. The van der Waals surface area contributed by atoms with Crippen molar-refractivity contribution < 1.29 is 4.74 Å². The molecule has 0 saturated carbocycles. The van der Waals surface area contributed by atoms with Crippen LogP contribution in [-0.2, 0) is 10.8 Å². The van der Waals surface area contributed by atoms with Crippen molar-refractivity contribution in [3.63, 3.8) is 0 Å². The highest BCUT2D eigenvalue weighted by Gasteiger charge is 2.51. The molecule has 262 valence electrons. The van der Waals surface area contributed by atoms with Gasteiger partial charge in [0.25, 0.3) is 0 Å². The Kier molecular flexibility index (Phi) is 6.46. The first-order valence-electron chi connectivity index (χ1n) is 19.6. The minimum atomic E-state index is -0.374. The van der Waals surface area contributed by atoms with Gasteiger partial charge in [0.2, 0.25) is 0 Å². The van der Waals surface area contributed by atoms with E-state index in [1.54, 1.807) is 0 Å². The molecule has 1 heteroatoms. The van der Waals surface area contributed by atoms with Gasteiger partial charge in [-0.15, -0.1) is 0 Å². The zero-order chi connectivity index (χ0) is 37.0. The molecule has 56 heavy (non-hydrogen) atoms. The highest BCUT2D eigenvalue weighted by atomic mass is 16.5. The predicted molar refractivity (Wildman–Crippen MR) is 230 cm³/mol. The second-order valence-electron chi connectivity index (χ2n) is 15.7. The zero-order valence-electron chi connectivity index (χ0n) is 31.0. The number of para-hydroxylation sites is 1. The van der Waals surface area contributed by atoms with Crippen LogP contribution in [0.15, 0.2) is 200 Å². The smallest absolute Gasteiger partial charge is 0.132 e. The Morgan fingerprint density at radius 1 is 0.321 bits per heavy atom. The highest BCUT2D eigenvalue weighted by Crippen LogP contribution is 2.63. The molecule has 12 rings (SSSR count). The summed E-state index contributed by atoms with van der Waals surface area (Å²) in [6.07, 6.45) is 0. The van der Waals surface area contributed by atoms with E-state index < -0.39 is 0 Å². The molecule has 0 aromatic heterocycles. The van der Waals surface area contributed by atoms with Gasteiger partial charge in [0.1, 0.15) is 11.5 Å². The Labute approximate surface area is 327 Å². The fraction of sp³-hybridized carbons (Fsp3) is 0.0545. The summed E-state index contributed by atoms with van der Waals surface area (Å²) >= 11 is 0. The number of ether oxygens (including phenoxy) is 1. The van der Waals surface area contributed by atoms with Gasteiger partial charge >= 0.3 is 0 Å². The van der Waals surface area contributed by atoms with E-state index in [0.29, 0.717) is 0 Å². The number of fused-ring (bicyclic) bond motifs is 13. The Morgan fingerprint density at radius 3 is 1.39 bits per heavy atom. The molecule has 1 unspecified atom stereocenters. The molecule has 1 aliphatic heterocycles. The molecule has 1 nitrogen and oxygen atoms in total. The lowest BCUT2D eigenvalue weighted by molar-refractivity contribution is 0.427. The summed E-state index contributed by atoms with van der Waals surface area (Å²) in [5.41, 5.74) is 18.4. The summed E-state index contributed by atoms with van der Waals surface area (Å²) in [5.74, 6) is 1.81. The van der Waals surface area contributed by atoms with Gasteiger partial charge in [0, 0.05) is 16.5 Å². The quantitative estimate of drug-likeness (QED) is 0.177. The molecule has 0 bridgehead atoms. The third kappa shape index (κ3) is 4.04. The maximum atomic E-state index is 6.73. The minimum Gasteiger partial charge on any atom is -0.457 e. The molecule has 9 aromatic carbocycles. The molecule has 0 saturated heterocycles. The lowest BCUT2D eigenvalue weighted by Crippen LogP contribution is -2.29. The zero-order valence-corrected chi connectivity index (χ0v) is 31.0. The lowest BCUT2D eigenvalue weighted by Gasteiger charge is -2.38. The van der Waals surface area contributed by atoms with Crippen molar-refractivity contribution in [1.82, 2.24) is 0 Å². The van der Waals surface area contributed by atoms with Crippen LogP contribution < -0.4 is 4.74 Å². The number of hydrogen-bond donors (Lipinski definition) is 0. The molecule has 2 aliphatic carbocycles. The molecule has 3 aliphatic rings. The monoisotopic (exact) mass is 712 g/mol. The molecule has 1 heterocycles. The maximum Gasteiger partial charge on any atom is 0.132 e. The van der Waals surface area contributed by atoms with Gasteiger partial charge < -0.3 is 4.74 Å². The van der Waals surface area contributed by atoms with E-state index in [1.165, 1.54) is 88.7 Å². The Morgan fingerprint density at radius 2 is 0.768 bits per heavy atom. The lowest BCUT2D eigenvalue weighted by atomic mass is 9.69. The van der Waals surface area contributed by atoms with Crippen molar-refractivity contribution in [1.29, 1.82) is 0 Å². The van der Waals surface area contributed by atoms with E-state index in [-0.39, 0.29) is 10.8 Å². The van der Waals surface area contributed by atoms with E-state index in [2.05, 4.69) is 207 Å². The SMILES string of the molecule is CC1(c2ccccc2)c2ccccc2Oc2cc(-c3ccc(-c4ccc5c(c4)C4(c6ccccc6-c6ccccc64)c4ccccc4-5)c4ccccc34)ccc21. The first-order chi connectivity index (χ1) is 27.7. The summed E-state index contributed by atoms with van der Waals surface area (Å²) in [7, 11) is 0. The van der Waals surface area contributed by atoms with E-state index in [9.17, 15) is 0 Å². The van der Waals surface area contributed by atoms with Crippen LogP contribution >= 0.6 is 0 Å². The van der Waals surface area contributed by atoms with Crippen molar-refractivity contribution in [3.05, 3.63) is 239 Å². The Balaban J connectivity index is 1.03. The Bertz CT molecular complexity index is 3020. The molecule has 9 aromatic rings. The minimum absolute atomic E-state index is 0.346. The second kappa shape index (κ2) is 11.5. The van der Waals surface area contributed by atoms with Crippen LogP contribution in [0.3, 0.4) is 0 Å². The van der Waals surface area contributed by atoms with Crippen LogP contribution in [0.1, 0.15) is 45.9 Å². The van der Waals surface area contributed by atoms with Gasteiger partial charge in [-0.3, -0.25) is 0 Å². The number of benzene rings is 9. The summed E-state index contributed by atoms with van der Waals surface area (Å²) in [6, 6.07) is 73.9. The number of rotatable bonds is 3. The molecular weight excluding hydrogens is 677 g/mol. The predicted octanol–water partition coefficient (Wildman–Crippen LogP) is 14.0. The van der Waals surface area contributed by atoms with Crippen molar-refractivity contribution in [2.45, 2.75) is 17.8 Å². The molecular formula is C55H36O. The van der Waals surface area contributed by atoms with E-state index in [4.69, 9.17) is 4.74 Å². The van der Waals surface area contributed by atoms with E-state index in [1.807, 2.05) is 0 Å². The average Bonchev–Trinajstić information content (AvgIpc) is 3.73. The molecule has 0 fully saturated rings. The summed E-state index contributed by atoms with van der Waals surface area (Å²) in [5, 5.41) is 2.46. The Hall–Kier alpha value is -6.96. The molecule has 1 atom stereocenters. The van der Waals surface area contributed by atoms with Gasteiger partial charge in [-0.05, 0) is 108 Å². The van der Waals surface area contributed by atoms with Crippen LogP contribution in [0, 0.1) is 0 Å². The third-order valence-electron chi connectivity index (χ3n) is 13.1. The largest absolute Gasteiger partial charge is 0.457 e. The standard InChI is InChI=1S/C55H36O/c1-54(37-15-3-2-4-16-37)49-25-13-14-26-52(49)56-53-34-36(28-32-50(53)54)39-31-30-38(40-17-5-6-18-41(39)40)35-27-29-45-44-21-9-12-24-48(44)55(51(45)33-35)46-22-10-7-19-42(46)43-20-8-11-23-47(43)55/h2-34H,1H3. The topological polar surface area (TPSA) is 9.23 Å². The van der Waals surface area contributed by atoms with Crippen LogP contribution in [0.25, 0.3) is 55.3 Å². The van der Waals surface area contributed by atoms with Crippen molar-refractivity contribution in [2.75, 3.05) is 0 Å².